The Labute approximate surface area is 186 Å². The molecule has 0 unspecified atom stereocenters. The normalized spacial score (nSPS) is 23.1. The van der Waals surface area contributed by atoms with E-state index in [0.29, 0.717) is 12.1 Å². The monoisotopic (exact) mass is 418 g/mol. The first-order valence-corrected chi connectivity index (χ1v) is 11.7. The molecule has 0 bridgehead atoms. The summed E-state index contributed by atoms with van der Waals surface area (Å²) in [5.74, 6) is 1.69. The quantitative estimate of drug-likeness (QED) is 0.694. The van der Waals surface area contributed by atoms with Crippen molar-refractivity contribution in [3.8, 4) is 11.5 Å². The van der Waals surface area contributed by atoms with E-state index in [1.165, 1.54) is 22.3 Å². The van der Waals surface area contributed by atoms with E-state index in [9.17, 15) is 0 Å². The third-order valence-corrected chi connectivity index (χ3v) is 7.54. The van der Waals surface area contributed by atoms with Gasteiger partial charge in [0.05, 0.1) is 14.2 Å². The highest BCUT2D eigenvalue weighted by Gasteiger charge is 2.34. The van der Waals surface area contributed by atoms with E-state index in [1.54, 1.807) is 25.4 Å². The van der Waals surface area contributed by atoms with Gasteiger partial charge in [-0.2, -0.15) is 0 Å². The molecule has 0 saturated heterocycles. The molecule has 0 aliphatic carbocycles. The molecule has 2 aromatic rings. The fourth-order valence-electron chi connectivity index (χ4n) is 5.85. The van der Waals surface area contributed by atoms with Gasteiger partial charge in [0.1, 0.15) is 0 Å². The molecular formula is C27H34N2O2. The van der Waals surface area contributed by atoms with Crippen molar-refractivity contribution in [3.63, 3.8) is 0 Å². The number of nitrogens with zero attached hydrogens (tertiary/aromatic N) is 1. The zero-order valence-corrected chi connectivity index (χ0v) is 19.0. The second-order valence-corrected chi connectivity index (χ2v) is 9.07. The Kier molecular flexibility index (Phi) is 5.77. The van der Waals surface area contributed by atoms with Gasteiger partial charge in [-0.15, -0.1) is 0 Å². The second-order valence-electron chi connectivity index (χ2n) is 9.07. The smallest absolute Gasteiger partial charge is 0.161 e. The minimum Gasteiger partial charge on any atom is -0.493 e. The van der Waals surface area contributed by atoms with Crippen molar-refractivity contribution in [2.75, 3.05) is 33.9 Å². The summed E-state index contributed by atoms with van der Waals surface area (Å²) in [7, 11) is 3.46. The van der Waals surface area contributed by atoms with Crippen molar-refractivity contribution in [1.82, 2.24) is 10.2 Å². The summed E-state index contributed by atoms with van der Waals surface area (Å²) in [4.78, 5) is 2.68. The van der Waals surface area contributed by atoms with Crippen molar-refractivity contribution in [2.24, 2.45) is 0 Å². The zero-order valence-electron chi connectivity index (χ0n) is 19.0. The Morgan fingerprint density at radius 3 is 2.58 bits per heavy atom. The van der Waals surface area contributed by atoms with Gasteiger partial charge >= 0.3 is 0 Å². The molecule has 3 aliphatic rings. The Hall–Kier alpha value is -2.30. The third-order valence-electron chi connectivity index (χ3n) is 7.54. The zero-order chi connectivity index (χ0) is 21.4. The maximum Gasteiger partial charge on any atom is 0.161 e. The highest BCUT2D eigenvalue weighted by molar-refractivity contribution is 5.50. The summed E-state index contributed by atoms with van der Waals surface area (Å²) in [5.41, 5.74) is 9.15. The molecule has 4 heteroatoms. The molecule has 2 atom stereocenters. The highest BCUT2D eigenvalue weighted by atomic mass is 16.5. The van der Waals surface area contributed by atoms with Crippen LogP contribution in [-0.4, -0.2) is 38.8 Å². The van der Waals surface area contributed by atoms with E-state index in [0.717, 1.165) is 63.2 Å². The number of methoxy groups -OCH3 is 2. The summed E-state index contributed by atoms with van der Waals surface area (Å²) in [6.07, 6.45) is 5.60. The van der Waals surface area contributed by atoms with Gasteiger partial charge in [0, 0.05) is 25.2 Å². The summed E-state index contributed by atoms with van der Waals surface area (Å²) < 4.78 is 11.2. The van der Waals surface area contributed by atoms with Crippen LogP contribution in [0.5, 0.6) is 11.5 Å². The van der Waals surface area contributed by atoms with E-state index in [1.807, 2.05) is 0 Å². The van der Waals surface area contributed by atoms with Crippen molar-refractivity contribution in [3.05, 3.63) is 69.8 Å². The average molecular weight is 419 g/mol. The maximum absolute atomic E-state index is 5.65. The summed E-state index contributed by atoms with van der Waals surface area (Å²) in [6.45, 7) is 5.61. The molecule has 0 aromatic heterocycles. The van der Waals surface area contributed by atoms with Crippen LogP contribution in [0.4, 0.5) is 0 Å². The minimum atomic E-state index is 0.432. The van der Waals surface area contributed by atoms with Gasteiger partial charge in [0.2, 0.25) is 0 Å². The Balaban J connectivity index is 1.46. The first-order chi connectivity index (χ1) is 15.2. The number of hydrogen-bond acceptors (Lipinski definition) is 4. The fraction of sp³-hybridized carbons (Fsp3) is 0.481. The molecule has 5 rings (SSSR count). The summed E-state index contributed by atoms with van der Waals surface area (Å²) >= 11 is 0. The summed E-state index contributed by atoms with van der Waals surface area (Å²) in [6, 6.07) is 14.3. The van der Waals surface area contributed by atoms with Gasteiger partial charge < -0.3 is 14.8 Å². The lowest BCUT2D eigenvalue weighted by atomic mass is 9.80. The largest absolute Gasteiger partial charge is 0.493 e. The predicted octanol–water partition coefficient (Wildman–Crippen LogP) is 4.99. The lowest BCUT2D eigenvalue weighted by Gasteiger charge is -2.43. The molecule has 0 amide bonds. The van der Waals surface area contributed by atoms with Gasteiger partial charge in [-0.25, -0.2) is 0 Å². The Morgan fingerprint density at radius 1 is 0.968 bits per heavy atom. The second kappa shape index (κ2) is 8.68. The van der Waals surface area contributed by atoms with Crippen LogP contribution in [0.2, 0.25) is 0 Å². The number of rotatable bonds is 5. The topological polar surface area (TPSA) is 33.7 Å². The molecule has 0 fully saturated rings. The van der Waals surface area contributed by atoms with Crippen LogP contribution in [0.15, 0.2) is 47.5 Å². The van der Waals surface area contributed by atoms with Crippen LogP contribution >= 0.6 is 0 Å². The lowest BCUT2D eigenvalue weighted by molar-refractivity contribution is 0.181. The summed E-state index contributed by atoms with van der Waals surface area (Å²) in [5, 5.41) is 3.81. The van der Waals surface area contributed by atoms with Gasteiger partial charge in [-0.05, 0) is 73.0 Å². The lowest BCUT2D eigenvalue weighted by Crippen LogP contribution is -2.40. The number of hydrogen-bond donors (Lipinski definition) is 1. The third kappa shape index (κ3) is 3.77. The first kappa shape index (κ1) is 20.6. The average Bonchev–Trinajstić information content (AvgIpc) is 2.82. The molecule has 31 heavy (non-hydrogen) atoms. The molecule has 3 heterocycles. The first-order valence-electron chi connectivity index (χ1n) is 11.7. The van der Waals surface area contributed by atoms with Crippen LogP contribution in [0.3, 0.4) is 0 Å². The van der Waals surface area contributed by atoms with Gasteiger partial charge in [0.15, 0.2) is 11.5 Å². The van der Waals surface area contributed by atoms with Crippen LogP contribution in [0.25, 0.3) is 0 Å². The Morgan fingerprint density at radius 2 is 1.77 bits per heavy atom. The predicted molar refractivity (Wildman–Crippen MR) is 125 cm³/mol. The molecule has 1 N–H and O–H groups in total. The Bertz CT molecular complexity index is 997. The number of nitrogens with one attached hydrogen (secondary N) is 1. The van der Waals surface area contributed by atoms with Crippen LogP contribution in [0, 0.1) is 0 Å². The molecule has 164 valence electrons. The van der Waals surface area contributed by atoms with E-state index in [-0.39, 0.29) is 0 Å². The van der Waals surface area contributed by atoms with Crippen LogP contribution in [0.1, 0.15) is 60.5 Å². The molecule has 4 nitrogen and oxygen atoms in total. The van der Waals surface area contributed by atoms with Gasteiger partial charge in [0.25, 0.3) is 0 Å². The van der Waals surface area contributed by atoms with Crippen molar-refractivity contribution in [1.29, 1.82) is 0 Å². The molecule has 3 aliphatic heterocycles. The maximum atomic E-state index is 5.65. The van der Waals surface area contributed by atoms with Crippen molar-refractivity contribution in [2.45, 2.75) is 51.1 Å². The van der Waals surface area contributed by atoms with Gasteiger partial charge in [-0.1, -0.05) is 42.3 Å². The van der Waals surface area contributed by atoms with E-state index >= 15 is 0 Å². The minimum absolute atomic E-state index is 0.432. The number of fused-ring (bicyclic) bond motifs is 4. The number of ether oxygens (including phenoxy) is 2. The standard InChI is InChI=1S/C27H34N2O2/c1-4-18-17-29-12-10-20-15-26(30-2)27(31-3)16-23(20)25(29)14-21(18)13-24-22-8-6-5-7-19(22)9-11-28-24/h5-8,15-16,24-25,28H,4,9-14,17H2,1-3H3/t24-,25+/m1/s1. The van der Waals surface area contributed by atoms with Gasteiger partial charge in [-0.3, -0.25) is 4.90 Å². The molecule has 0 radical (unpaired) electrons. The van der Waals surface area contributed by atoms with Crippen molar-refractivity contribution >= 4 is 0 Å². The van der Waals surface area contributed by atoms with Crippen molar-refractivity contribution < 1.29 is 9.47 Å². The molecule has 0 spiro atoms. The fourth-order valence-corrected chi connectivity index (χ4v) is 5.85. The SMILES string of the molecule is CCC1=C(C[C@H]2NCCc3ccccc32)C[C@H]2c3cc(OC)c(OC)cc3CCN2C1. The molecule has 0 saturated carbocycles. The molecule has 2 aromatic carbocycles. The van der Waals surface area contributed by atoms with Crippen LogP contribution in [-0.2, 0) is 12.8 Å². The van der Waals surface area contributed by atoms with E-state index in [2.05, 4.69) is 53.5 Å². The molecular weight excluding hydrogens is 384 g/mol. The van der Waals surface area contributed by atoms with E-state index in [4.69, 9.17) is 9.47 Å². The number of benzene rings is 2. The van der Waals surface area contributed by atoms with E-state index < -0.39 is 0 Å². The van der Waals surface area contributed by atoms with Crippen LogP contribution < -0.4 is 14.8 Å². The highest BCUT2D eigenvalue weighted by Crippen LogP contribution is 2.45.